The number of benzene rings is 1. The van der Waals surface area contributed by atoms with E-state index in [1.807, 2.05) is 36.1 Å². The molecule has 1 aliphatic rings. The van der Waals surface area contributed by atoms with E-state index < -0.39 is 0 Å². The standard InChI is InChI=1S/C21H27N3O3/c1-15-13-16(2)23(21(26)22-15)12-10-20(25)24-11-5-4-9-19(24)17-7-6-8-18(14-17)27-3/h6-8,13-14,19H,4-5,9-12H2,1-3H3. The van der Waals surface area contributed by atoms with Crippen LogP contribution in [0.1, 0.15) is 48.7 Å². The quantitative estimate of drug-likeness (QED) is 0.813. The van der Waals surface area contributed by atoms with Crippen LogP contribution in [0.4, 0.5) is 0 Å². The van der Waals surface area contributed by atoms with Gasteiger partial charge in [0.2, 0.25) is 5.91 Å². The van der Waals surface area contributed by atoms with Crippen molar-refractivity contribution < 1.29 is 9.53 Å². The number of likely N-dealkylation sites (tertiary alicyclic amines) is 1. The average molecular weight is 369 g/mol. The number of aryl methyl sites for hydroxylation is 2. The molecule has 0 saturated carbocycles. The minimum absolute atomic E-state index is 0.0651. The molecule has 1 aromatic carbocycles. The molecule has 0 radical (unpaired) electrons. The zero-order valence-corrected chi connectivity index (χ0v) is 16.3. The molecule has 2 heterocycles. The van der Waals surface area contributed by atoms with E-state index in [0.29, 0.717) is 18.7 Å². The molecule has 144 valence electrons. The predicted molar refractivity (Wildman–Crippen MR) is 104 cm³/mol. The van der Waals surface area contributed by atoms with Crippen molar-refractivity contribution in [3.05, 3.63) is 57.8 Å². The molecule has 1 aromatic heterocycles. The number of rotatable bonds is 5. The summed E-state index contributed by atoms with van der Waals surface area (Å²) >= 11 is 0. The SMILES string of the molecule is COc1cccc(C2CCCCN2C(=O)CCn2c(C)cc(C)nc2=O)c1. The molecule has 1 amide bonds. The number of ether oxygens (including phenoxy) is 1. The van der Waals surface area contributed by atoms with Crippen LogP contribution in [-0.4, -0.2) is 34.0 Å². The van der Waals surface area contributed by atoms with Crippen molar-refractivity contribution in [2.24, 2.45) is 0 Å². The van der Waals surface area contributed by atoms with Crippen molar-refractivity contribution in [3.8, 4) is 5.75 Å². The van der Waals surface area contributed by atoms with E-state index in [0.717, 1.165) is 42.8 Å². The number of hydrogen-bond acceptors (Lipinski definition) is 4. The smallest absolute Gasteiger partial charge is 0.347 e. The number of amides is 1. The summed E-state index contributed by atoms with van der Waals surface area (Å²) in [5.74, 6) is 0.882. The summed E-state index contributed by atoms with van der Waals surface area (Å²) in [7, 11) is 1.65. The molecule has 0 spiro atoms. The van der Waals surface area contributed by atoms with Crippen LogP contribution in [-0.2, 0) is 11.3 Å². The van der Waals surface area contributed by atoms with Crippen molar-refractivity contribution in [1.29, 1.82) is 0 Å². The van der Waals surface area contributed by atoms with Gasteiger partial charge in [-0.25, -0.2) is 4.79 Å². The van der Waals surface area contributed by atoms with E-state index >= 15 is 0 Å². The van der Waals surface area contributed by atoms with Crippen molar-refractivity contribution >= 4 is 5.91 Å². The second-order valence-corrected chi connectivity index (χ2v) is 7.10. The molecule has 27 heavy (non-hydrogen) atoms. The molecule has 6 heteroatoms. The lowest BCUT2D eigenvalue weighted by molar-refractivity contribution is -0.135. The van der Waals surface area contributed by atoms with Crippen molar-refractivity contribution in [2.45, 2.75) is 52.1 Å². The van der Waals surface area contributed by atoms with E-state index in [2.05, 4.69) is 11.1 Å². The number of methoxy groups -OCH3 is 1. The molecule has 1 fully saturated rings. The zero-order valence-electron chi connectivity index (χ0n) is 16.3. The highest BCUT2D eigenvalue weighted by Gasteiger charge is 2.28. The first-order valence-electron chi connectivity index (χ1n) is 9.48. The van der Waals surface area contributed by atoms with Crippen LogP contribution < -0.4 is 10.4 Å². The summed E-state index contributed by atoms with van der Waals surface area (Å²) < 4.78 is 6.91. The highest BCUT2D eigenvalue weighted by molar-refractivity contribution is 5.76. The Morgan fingerprint density at radius 3 is 2.81 bits per heavy atom. The Kier molecular flexibility index (Phi) is 5.94. The van der Waals surface area contributed by atoms with Crippen LogP contribution >= 0.6 is 0 Å². The first kappa shape index (κ1) is 19.1. The highest BCUT2D eigenvalue weighted by Crippen LogP contribution is 2.33. The maximum Gasteiger partial charge on any atom is 0.347 e. The Hall–Kier alpha value is -2.63. The lowest BCUT2D eigenvalue weighted by atomic mass is 9.94. The summed E-state index contributed by atoms with van der Waals surface area (Å²) in [5.41, 5.74) is 2.36. The van der Waals surface area contributed by atoms with Gasteiger partial charge in [-0.15, -0.1) is 0 Å². The molecule has 1 saturated heterocycles. The maximum atomic E-state index is 13.0. The number of aromatic nitrogens is 2. The second kappa shape index (κ2) is 8.37. The molecular weight excluding hydrogens is 342 g/mol. The Balaban J connectivity index is 1.75. The third kappa shape index (κ3) is 4.38. The molecule has 1 unspecified atom stereocenters. The van der Waals surface area contributed by atoms with Gasteiger partial charge in [0, 0.05) is 30.9 Å². The van der Waals surface area contributed by atoms with Crippen molar-refractivity contribution in [2.75, 3.05) is 13.7 Å². The van der Waals surface area contributed by atoms with Crippen LogP contribution in [0.15, 0.2) is 35.1 Å². The van der Waals surface area contributed by atoms with Gasteiger partial charge < -0.3 is 9.64 Å². The topological polar surface area (TPSA) is 64.4 Å². The molecule has 3 rings (SSSR count). The number of carbonyl (C=O) groups is 1. The summed E-state index contributed by atoms with van der Waals surface area (Å²) in [6, 6.07) is 9.87. The first-order valence-corrected chi connectivity index (χ1v) is 9.48. The number of carbonyl (C=O) groups excluding carboxylic acids is 1. The monoisotopic (exact) mass is 369 g/mol. The fourth-order valence-electron chi connectivity index (χ4n) is 3.82. The Morgan fingerprint density at radius 1 is 1.26 bits per heavy atom. The van der Waals surface area contributed by atoms with Gasteiger partial charge in [0.15, 0.2) is 0 Å². The normalized spacial score (nSPS) is 17.0. The number of nitrogens with zero attached hydrogens (tertiary/aromatic N) is 3. The average Bonchev–Trinajstić information content (AvgIpc) is 2.67. The van der Waals surface area contributed by atoms with Crippen LogP contribution in [0.25, 0.3) is 0 Å². The van der Waals surface area contributed by atoms with Gasteiger partial charge in [0.1, 0.15) is 5.75 Å². The molecule has 6 nitrogen and oxygen atoms in total. The van der Waals surface area contributed by atoms with Crippen LogP contribution in [0, 0.1) is 13.8 Å². The molecule has 0 bridgehead atoms. The van der Waals surface area contributed by atoms with Crippen molar-refractivity contribution in [3.63, 3.8) is 0 Å². The van der Waals surface area contributed by atoms with E-state index in [1.54, 1.807) is 18.6 Å². The largest absolute Gasteiger partial charge is 0.497 e. The number of hydrogen-bond donors (Lipinski definition) is 0. The summed E-state index contributed by atoms with van der Waals surface area (Å²) in [6.07, 6.45) is 3.36. The van der Waals surface area contributed by atoms with E-state index in [1.165, 1.54) is 0 Å². The van der Waals surface area contributed by atoms with Gasteiger partial charge in [-0.1, -0.05) is 12.1 Å². The van der Waals surface area contributed by atoms with Gasteiger partial charge in [0.05, 0.1) is 13.2 Å². The summed E-state index contributed by atoms with van der Waals surface area (Å²) in [6.45, 7) is 4.79. The predicted octanol–water partition coefficient (Wildman–Crippen LogP) is 3.01. The van der Waals surface area contributed by atoms with Crippen molar-refractivity contribution in [1.82, 2.24) is 14.5 Å². The molecule has 1 atom stereocenters. The number of piperidine rings is 1. The molecule has 1 aliphatic heterocycles. The van der Waals surface area contributed by atoms with E-state index in [4.69, 9.17) is 4.74 Å². The summed E-state index contributed by atoms with van der Waals surface area (Å²) in [4.78, 5) is 31.0. The van der Waals surface area contributed by atoms with Gasteiger partial charge in [0.25, 0.3) is 0 Å². The lowest BCUT2D eigenvalue weighted by Crippen LogP contribution is -2.39. The Morgan fingerprint density at radius 2 is 2.07 bits per heavy atom. The van der Waals surface area contributed by atoms with E-state index in [-0.39, 0.29) is 17.6 Å². The van der Waals surface area contributed by atoms with Gasteiger partial charge in [-0.05, 0) is 56.9 Å². The molecule has 0 aliphatic carbocycles. The second-order valence-electron chi connectivity index (χ2n) is 7.10. The van der Waals surface area contributed by atoms with Crippen LogP contribution in [0.3, 0.4) is 0 Å². The minimum atomic E-state index is -0.289. The van der Waals surface area contributed by atoms with Crippen LogP contribution in [0.2, 0.25) is 0 Å². The highest BCUT2D eigenvalue weighted by atomic mass is 16.5. The lowest BCUT2D eigenvalue weighted by Gasteiger charge is -2.36. The Bertz CT molecular complexity index is 875. The van der Waals surface area contributed by atoms with E-state index in [9.17, 15) is 9.59 Å². The third-order valence-electron chi connectivity index (χ3n) is 5.20. The van der Waals surface area contributed by atoms with Gasteiger partial charge >= 0.3 is 5.69 Å². The van der Waals surface area contributed by atoms with Gasteiger partial charge in [-0.3, -0.25) is 9.36 Å². The first-order chi connectivity index (χ1) is 13.0. The van der Waals surface area contributed by atoms with Crippen LogP contribution in [0.5, 0.6) is 5.75 Å². The zero-order chi connectivity index (χ0) is 19.4. The molecule has 0 N–H and O–H groups in total. The maximum absolute atomic E-state index is 13.0. The molecule has 2 aromatic rings. The fraction of sp³-hybridized carbons (Fsp3) is 0.476. The van der Waals surface area contributed by atoms with Gasteiger partial charge in [-0.2, -0.15) is 4.98 Å². The summed E-state index contributed by atoms with van der Waals surface area (Å²) in [5, 5.41) is 0. The Labute approximate surface area is 159 Å². The minimum Gasteiger partial charge on any atom is -0.497 e. The molecular formula is C21H27N3O3. The third-order valence-corrected chi connectivity index (χ3v) is 5.20. The fourth-order valence-corrected chi connectivity index (χ4v) is 3.82.